The Morgan fingerprint density at radius 2 is 1.41 bits per heavy atom. The fraction of sp³-hybridized carbons (Fsp3) is 1.00. The van der Waals surface area contributed by atoms with Gasteiger partial charge in [0.05, 0.1) is 13.2 Å². The molecule has 5 nitrogen and oxygen atoms in total. The van der Waals surface area contributed by atoms with E-state index < -0.39 is 28.7 Å². The summed E-state index contributed by atoms with van der Waals surface area (Å²) < 4.78 is 33.1. The van der Waals surface area contributed by atoms with Gasteiger partial charge in [0.2, 0.25) is 0 Å². The van der Waals surface area contributed by atoms with Crippen molar-refractivity contribution in [3.05, 3.63) is 0 Å². The van der Waals surface area contributed by atoms with Crippen LogP contribution in [0.2, 0.25) is 22.2 Å². The summed E-state index contributed by atoms with van der Waals surface area (Å²) in [5.74, 6) is 0. The van der Waals surface area contributed by atoms with Gasteiger partial charge in [0.25, 0.3) is 0 Å². The molecule has 4 atom stereocenters. The van der Waals surface area contributed by atoms with Crippen molar-refractivity contribution in [1.82, 2.24) is 0 Å². The molecule has 3 heterocycles. The molecule has 3 aliphatic heterocycles. The van der Waals surface area contributed by atoms with Crippen LogP contribution in [0, 0.1) is 0 Å². The van der Waals surface area contributed by atoms with Crippen LogP contribution in [0.3, 0.4) is 0 Å². The average molecular weight is 412 g/mol. The molecule has 0 amide bonds. The van der Waals surface area contributed by atoms with Gasteiger partial charge in [0, 0.05) is 12.4 Å². The van der Waals surface area contributed by atoms with E-state index in [9.17, 15) is 0 Å². The van der Waals surface area contributed by atoms with Gasteiger partial charge < -0.3 is 22.4 Å². The molecule has 3 aliphatic rings. The van der Waals surface area contributed by atoms with Gasteiger partial charge in [-0.05, 0) is 22.2 Å². The van der Waals surface area contributed by atoms with Crippen molar-refractivity contribution in [2.24, 2.45) is 0 Å². The molecular formula is C19H37BO5Si2. The first kappa shape index (κ1) is 22.0. The van der Waals surface area contributed by atoms with Crippen LogP contribution in [0.1, 0.15) is 61.8 Å². The average Bonchev–Trinajstić information content (AvgIpc) is 2.77. The van der Waals surface area contributed by atoms with E-state index in [-0.39, 0.29) is 23.3 Å². The molecule has 1 spiro atoms. The van der Waals surface area contributed by atoms with Gasteiger partial charge >= 0.3 is 17.1 Å². The first-order chi connectivity index (χ1) is 12.5. The van der Waals surface area contributed by atoms with E-state index in [1.54, 1.807) is 0 Å². The van der Waals surface area contributed by atoms with Crippen molar-refractivity contribution < 1.29 is 22.4 Å². The summed E-state index contributed by atoms with van der Waals surface area (Å²) in [6.45, 7) is 19.0. The fourth-order valence-corrected chi connectivity index (χ4v) is 16.3. The highest BCUT2D eigenvalue weighted by Crippen LogP contribution is 2.51. The maximum Gasteiger partial charge on any atom is 0.335 e. The highest BCUT2D eigenvalue weighted by Gasteiger charge is 2.66. The Hall–Kier alpha value is 0.299. The van der Waals surface area contributed by atoms with Crippen molar-refractivity contribution in [3.8, 4) is 0 Å². The molecule has 3 fully saturated rings. The van der Waals surface area contributed by atoms with Gasteiger partial charge in [-0.15, -0.1) is 0 Å². The van der Waals surface area contributed by atoms with Gasteiger partial charge in [-0.3, -0.25) is 0 Å². The number of fused-ring (bicyclic) bond motifs is 2. The molecule has 0 bridgehead atoms. The highest BCUT2D eigenvalue weighted by atomic mass is 28.5. The van der Waals surface area contributed by atoms with Crippen molar-refractivity contribution in [2.75, 3.05) is 13.2 Å². The topological polar surface area (TPSA) is 46.2 Å². The van der Waals surface area contributed by atoms with Crippen LogP contribution in [-0.2, 0) is 22.4 Å². The first-order valence-corrected chi connectivity index (χ1v) is 14.5. The third-order valence-electron chi connectivity index (χ3n) is 6.81. The van der Waals surface area contributed by atoms with Crippen molar-refractivity contribution in [3.63, 3.8) is 0 Å². The van der Waals surface area contributed by atoms with E-state index in [4.69, 9.17) is 30.3 Å². The highest BCUT2D eigenvalue weighted by molar-refractivity contribution is 6.84. The van der Waals surface area contributed by atoms with Crippen LogP contribution in [0.15, 0.2) is 0 Å². The van der Waals surface area contributed by atoms with E-state index in [0.29, 0.717) is 24.3 Å². The molecule has 8 heteroatoms. The van der Waals surface area contributed by atoms with Crippen LogP contribution in [0.5, 0.6) is 0 Å². The lowest BCUT2D eigenvalue weighted by atomic mass is 9.75. The molecule has 2 radical (unpaired) electrons. The summed E-state index contributed by atoms with van der Waals surface area (Å²) in [7, 11) is 1.20. The van der Waals surface area contributed by atoms with Gasteiger partial charge in [-0.1, -0.05) is 55.4 Å². The Bertz CT molecular complexity index is 522. The Balaban J connectivity index is 2.07. The van der Waals surface area contributed by atoms with Crippen LogP contribution >= 0.6 is 0 Å². The normalized spacial score (nSPS) is 38.3. The molecule has 0 aliphatic carbocycles. The monoisotopic (exact) mass is 412 g/mol. The summed E-state index contributed by atoms with van der Waals surface area (Å²) in [5, 5.41) is 0. The van der Waals surface area contributed by atoms with Crippen molar-refractivity contribution in [2.45, 2.75) is 108 Å². The lowest BCUT2D eigenvalue weighted by Gasteiger charge is -2.54. The van der Waals surface area contributed by atoms with Gasteiger partial charge in [0.1, 0.15) is 25.7 Å². The number of hydrogen-bond acceptors (Lipinski definition) is 5. The zero-order valence-corrected chi connectivity index (χ0v) is 20.3. The second-order valence-corrected chi connectivity index (χ2v) is 18.5. The van der Waals surface area contributed by atoms with Gasteiger partial charge in [-0.25, -0.2) is 0 Å². The van der Waals surface area contributed by atoms with Crippen LogP contribution < -0.4 is 0 Å². The standard InChI is InChI=1S/C19H37BO5Si2/c1-12(2)26(13(3)4)22-11-16-17(19(9-10-21-19)18(20)23-16)24-27(25-26,14(5)6)15(7)8/h12-18H,9-11H2,1-8H3/t16?,17-,18?,19-/m1/s1. The summed E-state index contributed by atoms with van der Waals surface area (Å²) in [6, 6.07) is -0.469. The zero-order chi connectivity index (χ0) is 20.2. The predicted molar refractivity (Wildman–Crippen MR) is 112 cm³/mol. The molecular weight excluding hydrogens is 375 g/mol. The Morgan fingerprint density at radius 1 is 0.889 bits per heavy atom. The molecule has 0 aromatic rings. The molecule has 0 saturated carbocycles. The molecule has 0 aromatic heterocycles. The van der Waals surface area contributed by atoms with Gasteiger partial charge in [-0.2, -0.15) is 0 Å². The quantitative estimate of drug-likeness (QED) is 0.654. The van der Waals surface area contributed by atoms with E-state index >= 15 is 0 Å². The molecule has 2 unspecified atom stereocenters. The third-order valence-corrected chi connectivity index (χ3v) is 17.0. The third kappa shape index (κ3) is 3.23. The summed E-state index contributed by atoms with van der Waals surface area (Å²) >= 11 is 0. The second-order valence-electron chi connectivity index (χ2n) is 9.66. The number of hydrogen-bond donors (Lipinski definition) is 0. The lowest BCUT2D eigenvalue weighted by molar-refractivity contribution is -0.194. The van der Waals surface area contributed by atoms with E-state index in [0.717, 1.165) is 6.42 Å². The maximum absolute atomic E-state index is 7.20. The molecule has 3 rings (SSSR count). The Morgan fingerprint density at radius 3 is 1.81 bits per heavy atom. The van der Waals surface area contributed by atoms with E-state index in [1.165, 1.54) is 0 Å². The fourth-order valence-electron chi connectivity index (χ4n) is 5.06. The van der Waals surface area contributed by atoms with Crippen molar-refractivity contribution >= 4 is 25.0 Å². The molecule has 154 valence electrons. The molecule has 0 N–H and O–H groups in total. The van der Waals surface area contributed by atoms with E-state index in [1.807, 2.05) is 0 Å². The molecule has 27 heavy (non-hydrogen) atoms. The second kappa shape index (κ2) is 7.52. The van der Waals surface area contributed by atoms with Crippen molar-refractivity contribution in [1.29, 1.82) is 0 Å². The van der Waals surface area contributed by atoms with Crippen LogP contribution in [0.4, 0.5) is 0 Å². The summed E-state index contributed by atoms with van der Waals surface area (Å²) in [4.78, 5) is 0. The smallest absolute Gasteiger partial charge is 0.335 e. The maximum atomic E-state index is 7.20. The first-order valence-electron chi connectivity index (χ1n) is 10.6. The van der Waals surface area contributed by atoms with Gasteiger partial charge in [0.15, 0.2) is 0 Å². The summed E-state index contributed by atoms with van der Waals surface area (Å²) in [5.41, 5.74) is 0.685. The number of ether oxygens (including phenoxy) is 2. The Labute approximate surface area is 168 Å². The van der Waals surface area contributed by atoms with E-state index in [2.05, 4.69) is 55.4 Å². The SMILES string of the molecule is [B]C1OC2CO[Si](C(C)C)(C(C)C)O[Si](C(C)C)(C(C)C)O[C@H]2[C@]12CCO2. The Kier molecular flexibility index (Phi) is 6.13. The predicted octanol–water partition coefficient (Wildman–Crippen LogP) is 4.00. The molecule has 3 saturated heterocycles. The number of rotatable bonds is 4. The van der Waals surface area contributed by atoms with Crippen LogP contribution in [-0.4, -0.2) is 62.0 Å². The molecule has 0 aromatic carbocycles. The minimum atomic E-state index is -2.65. The lowest BCUT2D eigenvalue weighted by Crippen LogP contribution is -2.69. The van der Waals surface area contributed by atoms with Crippen LogP contribution in [0.25, 0.3) is 0 Å². The zero-order valence-electron chi connectivity index (χ0n) is 18.3. The summed E-state index contributed by atoms with van der Waals surface area (Å²) in [6.07, 6.45) is 0.453. The minimum Gasteiger partial charge on any atom is -0.414 e. The minimum absolute atomic E-state index is 0.196. The largest absolute Gasteiger partial charge is 0.414 e.